The molecule has 3 aromatic heterocycles. The molecule has 3 aromatic rings. The fourth-order valence-electron chi connectivity index (χ4n) is 1.99. The molecule has 0 spiro atoms. The number of hydrogen-bond acceptors (Lipinski definition) is 4. The number of carbonyl (C=O) groups excluding carboxylic acids is 1. The molecule has 0 aliphatic carbocycles. The average molecular weight is 327 g/mol. The molecule has 0 saturated carbocycles. The monoisotopic (exact) mass is 326 g/mol. The lowest BCUT2D eigenvalue weighted by Crippen LogP contribution is -2.19. The number of aromatic amines is 1. The predicted octanol–water partition coefficient (Wildman–Crippen LogP) is 2.74. The Kier molecular flexibility index (Phi) is 4.16. The molecule has 114 valence electrons. The molecule has 23 heavy (non-hydrogen) atoms. The summed E-state index contributed by atoms with van der Waals surface area (Å²) in [6.45, 7) is 0. The van der Waals surface area contributed by atoms with Crippen molar-refractivity contribution in [2.75, 3.05) is 5.32 Å². The zero-order chi connectivity index (χ0) is 16.2. The Labute approximate surface area is 136 Å². The van der Waals surface area contributed by atoms with E-state index in [2.05, 4.69) is 20.3 Å². The molecule has 0 saturated heterocycles. The van der Waals surface area contributed by atoms with E-state index in [1.54, 1.807) is 24.7 Å². The highest BCUT2D eigenvalue weighted by Crippen LogP contribution is 2.19. The number of carbonyl (C=O) groups is 1. The lowest BCUT2D eigenvalue weighted by molar-refractivity contribution is 0.102. The van der Waals surface area contributed by atoms with E-state index in [9.17, 15) is 9.59 Å². The average Bonchev–Trinajstić information content (AvgIpc) is 2.58. The van der Waals surface area contributed by atoms with Crippen molar-refractivity contribution in [2.45, 2.75) is 0 Å². The molecule has 3 heterocycles. The molecule has 0 bridgehead atoms. The van der Waals surface area contributed by atoms with E-state index in [1.165, 1.54) is 18.3 Å². The molecule has 0 aliphatic heterocycles. The van der Waals surface area contributed by atoms with Crippen molar-refractivity contribution < 1.29 is 4.79 Å². The number of pyridine rings is 3. The van der Waals surface area contributed by atoms with Gasteiger partial charge in [0.05, 0.1) is 5.56 Å². The van der Waals surface area contributed by atoms with Gasteiger partial charge < -0.3 is 10.3 Å². The van der Waals surface area contributed by atoms with Crippen LogP contribution in [0.1, 0.15) is 10.4 Å². The Bertz CT molecular complexity index is 892. The van der Waals surface area contributed by atoms with Gasteiger partial charge in [-0.1, -0.05) is 11.6 Å². The molecule has 3 rings (SSSR count). The summed E-state index contributed by atoms with van der Waals surface area (Å²) >= 11 is 5.69. The second kappa shape index (κ2) is 6.41. The smallest absolute Gasteiger partial charge is 0.271 e. The second-order valence-electron chi connectivity index (χ2n) is 4.69. The number of nitrogens with zero attached hydrogens (tertiary/aromatic N) is 2. The first-order chi connectivity index (χ1) is 11.1. The lowest BCUT2D eigenvalue weighted by atomic mass is 10.1. The lowest BCUT2D eigenvalue weighted by Gasteiger charge is -2.07. The van der Waals surface area contributed by atoms with Crippen molar-refractivity contribution in [2.24, 2.45) is 0 Å². The molecule has 0 fully saturated rings. The van der Waals surface area contributed by atoms with Gasteiger partial charge in [-0.15, -0.1) is 0 Å². The molecule has 1 amide bonds. The number of aromatic nitrogens is 3. The maximum absolute atomic E-state index is 12.2. The molecule has 6 nitrogen and oxygen atoms in total. The van der Waals surface area contributed by atoms with Crippen LogP contribution in [0, 0.1) is 0 Å². The Morgan fingerprint density at radius 3 is 2.61 bits per heavy atom. The number of H-pyrrole nitrogens is 1. The van der Waals surface area contributed by atoms with Crippen molar-refractivity contribution in [3.8, 4) is 11.1 Å². The standard InChI is InChI=1S/C16H11ClN4O2/c17-14-2-1-11(8-19-14)15(22)21-13-7-12(9-20-16(13)23)10-3-5-18-6-4-10/h1-9H,(H,20,23)(H,21,22). The van der Waals surface area contributed by atoms with E-state index in [4.69, 9.17) is 11.6 Å². The third-order valence-corrected chi connectivity index (χ3v) is 3.38. The number of halogens is 1. The van der Waals surface area contributed by atoms with Crippen molar-refractivity contribution in [3.05, 3.63) is 76.2 Å². The Hall–Kier alpha value is -2.99. The van der Waals surface area contributed by atoms with Gasteiger partial charge in [-0.05, 0) is 35.9 Å². The quantitative estimate of drug-likeness (QED) is 0.724. The molecular weight excluding hydrogens is 316 g/mol. The van der Waals surface area contributed by atoms with Crippen LogP contribution in [0.2, 0.25) is 5.15 Å². The zero-order valence-electron chi connectivity index (χ0n) is 11.8. The largest absolute Gasteiger partial charge is 0.327 e. The van der Waals surface area contributed by atoms with Gasteiger partial charge >= 0.3 is 0 Å². The highest BCUT2D eigenvalue weighted by molar-refractivity contribution is 6.29. The first kappa shape index (κ1) is 14.9. The van der Waals surface area contributed by atoms with Crippen LogP contribution in [0.5, 0.6) is 0 Å². The summed E-state index contributed by atoms with van der Waals surface area (Å²) in [5, 5.41) is 2.87. The fourth-order valence-corrected chi connectivity index (χ4v) is 2.10. The maximum atomic E-state index is 12.2. The van der Waals surface area contributed by atoms with Gasteiger partial charge in [0.1, 0.15) is 10.8 Å². The Balaban J connectivity index is 1.89. The van der Waals surface area contributed by atoms with E-state index in [0.29, 0.717) is 10.7 Å². The van der Waals surface area contributed by atoms with Gasteiger partial charge in [-0.25, -0.2) is 4.98 Å². The summed E-state index contributed by atoms with van der Waals surface area (Å²) in [6.07, 6.45) is 6.23. The van der Waals surface area contributed by atoms with Crippen molar-refractivity contribution in [1.29, 1.82) is 0 Å². The second-order valence-corrected chi connectivity index (χ2v) is 5.08. The van der Waals surface area contributed by atoms with E-state index >= 15 is 0 Å². The first-order valence-corrected chi connectivity index (χ1v) is 7.07. The van der Waals surface area contributed by atoms with Crippen LogP contribution in [-0.2, 0) is 0 Å². The minimum absolute atomic E-state index is 0.152. The molecule has 0 atom stereocenters. The fraction of sp³-hybridized carbons (Fsp3) is 0. The van der Waals surface area contributed by atoms with Gasteiger partial charge in [0.25, 0.3) is 11.5 Å². The highest BCUT2D eigenvalue weighted by Gasteiger charge is 2.10. The van der Waals surface area contributed by atoms with Crippen molar-refractivity contribution in [3.63, 3.8) is 0 Å². The predicted molar refractivity (Wildman–Crippen MR) is 87.5 cm³/mol. The molecule has 7 heteroatoms. The summed E-state index contributed by atoms with van der Waals surface area (Å²) in [6, 6.07) is 8.26. The van der Waals surface area contributed by atoms with Gasteiger partial charge in [0.15, 0.2) is 0 Å². The summed E-state index contributed by atoms with van der Waals surface area (Å²) in [5.41, 5.74) is 1.71. The molecule has 0 aromatic carbocycles. The minimum atomic E-state index is -0.438. The van der Waals surface area contributed by atoms with E-state index in [0.717, 1.165) is 11.1 Å². The van der Waals surface area contributed by atoms with E-state index in [-0.39, 0.29) is 5.69 Å². The van der Waals surface area contributed by atoms with Crippen LogP contribution in [0.4, 0.5) is 5.69 Å². The third-order valence-electron chi connectivity index (χ3n) is 3.15. The number of amides is 1. The SMILES string of the molecule is O=C(Nc1cc(-c2ccncc2)c[nH]c1=O)c1ccc(Cl)nc1. The number of hydrogen-bond donors (Lipinski definition) is 2. The van der Waals surface area contributed by atoms with E-state index < -0.39 is 11.5 Å². The first-order valence-electron chi connectivity index (χ1n) is 6.69. The molecule has 0 unspecified atom stereocenters. The van der Waals surface area contributed by atoms with Crippen LogP contribution in [0.3, 0.4) is 0 Å². The Morgan fingerprint density at radius 1 is 1.13 bits per heavy atom. The van der Waals surface area contributed by atoms with Crippen LogP contribution in [0.15, 0.2) is 59.9 Å². The molecule has 0 radical (unpaired) electrons. The third kappa shape index (κ3) is 3.44. The topological polar surface area (TPSA) is 87.7 Å². The van der Waals surface area contributed by atoms with E-state index in [1.807, 2.05) is 12.1 Å². The summed E-state index contributed by atoms with van der Waals surface area (Å²) in [5.74, 6) is -0.438. The van der Waals surface area contributed by atoms with Gasteiger partial charge in [-0.2, -0.15) is 0 Å². The number of rotatable bonds is 3. The van der Waals surface area contributed by atoms with Crippen molar-refractivity contribution in [1.82, 2.24) is 15.0 Å². The van der Waals surface area contributed by atoms with Crippen LogP contribution < -0.4 is 10.9 Å². The summed E-state index contributed by atoms with van der Waals surface area (Å²) < 4.78 is 0. The van der Waals surface area contributed by atoms with Crippen LogP contribution >= 0.6 is 11.6 Å². The molecular formula is C16H11ClN4O2. The maximum Gasteiger partial charge on any atom is 0.271 e. The van der Waals surface area contributed by atoms with Crippen molar-refractivity contribution >= 4 is 23.2 Å². The normalized spacial score (nSPS) is 10.3. The zero-order valence-corrected chi connectivity index (χ0v) is 12.5. The number of nitrogens with one attached hydrogen (secondary N) is 2. The van der Waals surface area contributed by atoms with Gasteiger partial charge in [0.2, 0.25) is 0 Å². The highest BCUT2D eigenvalue weighted by atomic mass is 35.5. The van der Waals surface area contributed by atoms with Crippen LogP contribution in [0.25, 0.3) is 11.1 Å². The van der Waals surface area contributed by atoms with Gasteiger partial charge in [-0.3, -0.25) is 14.6 Å². The van der Waals surface area contributed by atoms with Gasteiger partial charge in [0, 0.05) is 30.4 Å². The number of anilines is 1. The van der Waals surface area contributed by atoms with Crippen LogP contribution in [-0.4, -0.2) is 20.9 Å². The summed E-state index contributed by atoms with van der Waals surface area (Å²) in [7, 11) is 0. The molecule has 0 aliphatic rings. The summed E-state index contributed by atoms with van der Waals surface area (Å²) in [4.78, 5) is 34.5. The Morgan fingerprint density at radius 2 is 1.91 bits per heavy atom. The minimum Gasteiger partial charge on any atom is -0.327 e. The molecule has 2 N–H and O–H groups in total.